The summed E-state index contributed by atoms with van der Waals surface area (Å²) in [7, 11) is 0. The molecule has 1 atom stereocenters. The maximum Gasteiger partial charge on any atom is 0.146 e. The average Bonchev–Trinajstić information content (AvgIpc) is 2.41. The number of halogens is 1. The molecular weight excluding hydrogens is 245 g/mol. The van der Waals surface area contributed by atoms with E-state index < -0.39 is 0 Å². The molecule has 0 saturated heterocycles. The first-order valence-electron chi connectivity index (χ1n) is 6.19. The third kappa shape index (κ3) is 2.62. The third-order valence-corrected chi connectivity index (χ3v) is 3.16. The van der Waals surface area contributed by atoms with Crippen LogP contribution < -0.4 is 10.1 Å². The van der Waals surface area contributed by atoms with E-state index in [2.05, 4.69) is 5.32 Å². The van der Waals surface area contributed by atoms with Crippen molar-refractivity contribution < 1.29 is 14.2 Å². The molecule has 0 bridgehead atoms. The van der Waals surface area contributed by atoms with Gasteiger partial charge in [-0.1, -0.05) is 12.1 Å². The zero-order chi connectivity index (χ0) is 13.2. The second kappa shape index (κ2) is 4.80. The molecule has 0 fully saturated rings. The van der Waals surface area contributed by atoms with Gasteiger partial charge in [0.1, 0.15) is 23.4 Å². The largest absolute Gasteiger partial charge is 0.508 e. The second-order valence-electron chi connectivity index (χ2n) is 4.63. The van der Waals surface area contributed by atoms with Crippen molar-refractivity contribution in [2.75, 3.05) is 11.9 Å². The van der Waals surface area contributed by atoms with Crippen LogP contribution in [0, 0.1) is 5.82 Å². The zero-order valence-corrected chi connectivity index (χ0v) is 10.3. The van der Waals surface area contributed by atoms with Gasteiger partial charge in [-0.05, 0) is 29.8 Å². The molecule has 0 amide bonds. The lowest BCUT2D eigenvalue weighted by Crippen LogP contribution is -2.32. The Labute approximate surface area is 110 Å². The van der Waals surface area contributed by atoms with E-state index in [0.29, 0.717) is 18.7 Å². The number of fused-ring (bicyclic) bond motifs is 1. The first-order valence-corrected chi connectivity index (χ1v) is 6.19. The molecule has 98 valence electrons. The van der Waals surface area contributed by atoms with E-state index in [0.717, 1.165) is 11.3 Å². The minimum Gasteiger partial charge on any atom is -0.508 e. The van der Waals surface area contributed by atoms with Gasteiger partial charge in [-0.2, -0.15) is 0 Å². The molecule has 0 radical (unpaired) electrons. The first kappa shape index (κ1) is 11.8. The number of nitrogens with one attached hydrogen (secondary N) is 1. The summed E-state index contributed by atoms with van der Waals surface area (Å²) in [5.41, 5.74) is 1.91. The van der Waals surface area contributed by atoms with E-state index in [1.54, 1.807) is 30.3 Å². The fourth-order valence-corrected chi connectivity index (χ4v) is 2.20. The SMILES string of the molecule is Oc1ccc2c(c1)OC(Cc1ccc(F)cc1)CN2. The zero-order valence-electron chi connectivity index (χ0n) is 10.3. The summed E-state index contributed by atoms with van der Waals surface area (Å²) in [5, 5.41) is 12.7. The van der Waals surface area contributed by atoms with Gasteiger partial charge in [0, 0.05) is 12.5 Å². The highest BCUT2D eigenvalue weighted by Crippen LogP contribution is 2.32. The van der Waals surface area contributed by atoms with Crippen molar-refractivity contribution in [3.8, 4) is 11.5 Å². The van der Waals surface area contributed by atoms with Crippen molar-refractivity contribution in [1.29, 1.82) is 0 Å². The monoisotopic (exact) mass is 259 g/mol. The third-order valence-electron chi connectivity index (χ3n) is 3.16. The first-order chi connectivity index (χ1) is 9.20. The molecule has 1 aliphatic rings. The fourth-order valence-electron chi connectivity index (χ4n) is 2.20. The molecule has 1 unspecified atom stereocenters. The number of hydrogen-bond donors (Lipinski definition) is 2. The molecule has 0 spiro atoms. The normalized spacial score (nSPS) is 17.2. The van der Waals surface area contributed by atoms with Crippen molar-refractivity contribution >= 4 is 5.69 Å². The lowest BCUT2D eigenvalue weighted by Gasteiger charge is -2.27. The summed E-state index contributed by atoms with van der Waals surface area (Å²) in [6.45, 7) is 0.690. The fraction of sp³-hybridized carbons (Fsp3) is 0.200. The Bertz CT molecular complexity index is 583. The van der Waals surface area contributed by atoms with Gasteiger partial charge in [0.2, 0.25) is 0 Å². The van der Waals surface area contributed by atoms with Gasteiger partial charge in [0.05, 0.1) is 12.2 Å². The number of aromatic hydroxyl groups is 1. The predicted molar refractivity (Wildman–Crippen MR) is 71.1 cm³/mol. The molecule has 2 N–H and O–H groups in total. The summed E-state index contributed by atoms with van der Waals surface area (Å²) in [4.78, 5) is 0. The summed E-state index contributed by atoms with van der Waals surface area (Å²) >= 11 is 0. The maximum absolute atomic E-state index is 12.8. The van der Waals surface area contributed by atoms with Gasteiger partial charge < -0.3 is 15.2 Å². The minimum atomic E-state index is -0.235. The molecule has 1 heterocycles. The highest BCUT2D eigenvalue weighted by molar-refractivity contribution is 5.60. The maximum atomic E-state index is 12.8. The van der Waals surface area contributed by atoms with Crippen LogP contribution in [0.25, 0.3) is 0 Å². The van der Waals surface area contributed by atoms with Crippen LogP contribution in [0.2, 0.25) is 0 Å². The number of phenolic OH excluding ortho intramolecular Hbond substituents is 1. The lowest BCUT2D eigenvalue weighted by molar-refractivity contribution is 0.205. The number of phenols is 1. The van der Waals surface area contributed by atoms with Crippen LogP contribution in [0.5, 0.6) is 11.5 Å². The van der Waals surface area contributed by atoms with Crippen LogP contribution in [-0.2, 0) is 6.42 Å². The van der Waals surface area contributed by atoms with Crippen molar-refractivity contribution in [2.24, 2.45) is 0 Å². The number of ether oxygens (including phenoxy) is 1. The Morgan fingerprint density at radius 3 is 2.79 bits per heavy atom. The van der Waals surface area contributed by atoms with Crippen LogP contribution in [0.4, 0.5) is 10.1 Å². The second-order valence-corrected chi connectivity index (χ2v) is 4.63. The minimum absolute atomic E-state index is 0.0280. The quantitative estimate of drug-likeness (QED) is 0.815. The van der Waals surface area contributed by atoms with E-state index in [1.165, 1.54) is 12.1 Å². The summed E-state index contributed by atoms with van der Waals surface area (Å²) in [6, 6.07) is 11.4. The average molecular weight is 259 g/mol. The Hall–Kier alpha value is -2.23. The lowest BCUT2D eigenvalue weighted by atomic mass is 10.1. The molecule has 0 aromatic heterocycles. The molecule has 3 nitrogen and oxygen atoms in total. The van der Waals surface area contributed by atoms with Gasteiger partial charge >= 0.3 is 0 Å². The molecule has 1 aliphatic heterocycles. The van der Waals surface area contributed by atoms with Crippen LogP contribution in [0.1, 0.15) is 5.56 Å². The molecule has 19 heavy (non-hydrogen) atoms. The molecule has 3 rings (SSSR count). The number of hydrogen-bond acceptors (Lipinski definition) is 3. The van der Waals surface area contributed by atoms with Gasteiger partial charge in [0.25, 0.3) is 0 Å². The van der Waals surface area contributed by atoms with Crippen molar-refractivity contribution in [2.45, 2.75) is 12.5 Å². The van der Waals surface area contributed by atoms with Gasteiger partial charge in [-0.15, -0.1) is 0 Å². The summed E-state index contributed by atoms with van der Waals surface area (Å²) in [6.07, 6.45) is 0.669. The van der Waals surface area contributed by atoms with Crippen LogP contribution in [-0.4, -0.2) is 17.8 Å². The number of anilines is 1. The molecule has 4 heteroatoms. The highest BCUT2D eigenvalue weighted by atomic mass is 19.1. The van der Waals surface area contributed by atoms with Crippen LogP contribution in [0.15, 0.2) is 42.5 Å². The topological polar surface area (TPSA) is 41.5 Å². The standard InChI is InChI=1S/C15H14FNO2/c16-11-3-1-10(2-4-11)7-13-9-17-14-6-5-12(18)8-15(14)19-13/h1-6,8,13,17-18H,7,9H2. The van der Waals surface area contributed by atoms with Crippen molar-refractivity contribution in [1.82, 2.24) is 0 Å². The van der Waals surface area contributed by atoms with Gasteiger partial charge in [-0.3, -0.25) is 0 Å². The van der Waals surface area contributed by atoms with E-state index in [9.17, 15) is 9.50 Å². The van der Waals surface area contributed by atoms with Gasteiger partial charge in [-0.25, -0.2) is 4.39 Å². The van der Waals surface area contributed by atoms with E-state index in [-0.39, 0.29) is 17.7 Å². The van der Waals surface area contributed by atoms with E-state index in [1.807, 2.05) is 0 Å². The Kier molecular flexibility index (Phi) is 2.99. The Morgan fingerprint density at radius 1 is 1.21 bits per heavy atom. The number of rotatable bonds is 2. The van der Waals surface area contributed by atoms with Crippen LogP contribution >= 0.6 is 0 Å². The Balaban J connectivity index is 1.73. The molecule has 0 aliphatic carbocycles. The molecular formula is C15H14FNO2. The predicted octanol–water partition coefficient (Wildman–Crippen LogP) is 2.95. The summed E-state index contributed by atoms with van der Waals surface area (Å²) < 4.78 is 18.7. The van der Waals surface area contributed by atoms with Crippen LogP contribution in [0.3, 0.4) is 0 Å². The van der Waals surface area contributed by atoms with E-state index >= 15 is 0 Å². The van der Waals surface area contributed by atoms with E-state index in [4.69, 9.17) is 4.74 Å². The van der Waals surface area contributed by atoms with Crippen molar-refractivity contribution in [3.63, 3.8) is 0 Å². The molecule has 0 saturated carbocycles. The number of benzene rings is 2. The van der Waals surface area contributed by atoms with Crippen molar-refractivity contribution in [3.05, 3.63) is 53.8 Å². The smallest absolute Gasteiger partial charge is 0.146 e. The van der Waals surface area contributed by atoms with Gasteiger partial charge in [0.15, 0.2) is 0 Å². The Morgan fingerprint density at radius 2 is 2.00 bits per heavy atom. The summed E-state index contributed by atoms with van der Waals surface area (Å²) in [5.74, 6) is 0.600. The molecule has 2 aromatic carbocycles. The molecule has 2 aromatic rings. The highest BCUT2D eigenvalue weighted by Gasteiger charge is 2.19.